The third kappa shape index (κ3) is 63.9. The molecule has 0 bridgehead atoms. The number of benzene rings is 1. The van der Waals surface area contributed by atoms with E-state index in [9.17, 15) is 29.7 Å². The van der Waals surface area contributed by atoms with Gasteiger partial charge in [-0.3, -0.25) is 0 Å². The van der Waals surface area contributed by atoms with Gasteiger partial charge in [-0.15, -0.1) is 0 Å². The molecule has 0 atom stereocenters. The van der Waals surface area contributed by atoms with E-state index < -0.39 is 34.6 Å². The molecule has 9 heteroatoms. The maximum Gasteiger partial charge on any atom is 0.0780 e. The van der Waals surface area contributed by atoms with Crippen LogP contribution >= 0.6 is 0 Å². The van der Waals surface area contributed by atoms with Crippen molar-refractivity contribution in [3.05, 3.63) is 34.9 Å². The number of carbonyl (C=O) groups excluding carboxylic acids is 3. The molecule has 0 radical (unpaired) electrons. The number of hydrogen-bond donors (Lipinski definition) is 0. The standard InChI is InChI=1S/3C19H42N.C9H6O6/c3*1-5-6-7-8-9-10-11-12-13-14-15-16-17-18-19-20(2,3)4;10-7(11)4-1-2-5(8(12)13)6(3-4)9(14)15/h3*5-19H2,1-4H3;1-3H,(H,10,11)(H,12,13)(H,14,15)/q3*+1;/p-3. The summed E-state index contributed by atoms with van der Waals surface area (Å²) in [7, 11) is 20.6. The van der Waals surface area contributed by atoms with Gasteiger partial charge in [0.25, 0.3) is 0 Å². The van der Waals surface area contributed by atoms with E-state index in [1.54, 1.807) is 0 Å². The molecule has 444 valence electrons. The van der Waals surface area contributed by atoms with Crippen LogP contribution in [0.1, 0.15) is 322 Å². The molecule has 1 aromatic carbocycles. The average molecular weight is 1060 g/mol. The van der Waals surface area contributed by atoms with Gasteiger partial charge < -0.3 is 43.2 Å². The lowest BCUT2D eigenvalue weighted by molar-refractivity contribution is -0.870. The first-order chi connectivity index (χ1) is 35.6. The summed E-state index contributed by atoms with van der Waals surface area (Å²) in [4.78, 5) is 31.3. The van der Waals surface area contributed by atoms with Crippen molar-refractivity contribution in [3.8, 4) is 0 Å². The number of aromatic carboxylic acids is 3. The molecule has 1 rings (SSSR count). The smallest absolute Gasteiger partial charge is 0.0780 e. The number of carbonyl (C=O) groups is 3. The Kier molecular flexibility index (Phi) is 54.8. The SMILES string of the molecule is CCCCCCCCCCCCCCCC[N+](C)(C)C.CCCCCCCCCCCCCCCC[N+](C)(C)C.CCCCCCCCCCCCCCCC[N+](C)(C)C.O=C([O-])c1ccc(C(=O)[O-])c(C(=O)[O-])c1. The first-order valence-corrected chi connectivity index (χ1v) is 31.8. The first-order valence-electron chi connectivity index (χ1n) is 31.8. The van der Waals surface area contributed by atoms with Gasteiger partial charge in [0.1, 0.15) is 0 Å². The average Bonchev–Trinajstić information content (AvgIpc) is 3.33. The van der Waals surface area contributed by atoms with Crippen molar-refractivity contribution in [1.29, 1.82) is 0 Å². The summed E-state index contributed by atoms with van der Waals surface area (Å²) in [6.07, 6.45) is 61.1. The number of carboxylic acid groups (broad SMARTS) is 3. The minimum absolute atomic E-state index is 0.445. The maximum absolute atomic E-state index is 10.5. The van der Waals surface area contributed by atoms with Crippen LogP contribution in [0, 0.1) is 0 Å². The maximum atomic E-state index is 10.5. The van der Waals surface area contributed by atoms with Crippen LogP contribution < -0.4 is 15.3 Å². The summed E-state index contributed by atoms with van der Waals surface area (Å²) in [5, 5.41) is 31.3. The molecule has 0 aliphatic heterocycles. The fourth-order valence-corrected chi connectivity index (χ4v) is 9.36. The molecule has 0 N–H and O–H groups in total. The molecule has 0 heterocycles. The molecular formula is C66H129N3O6. The Bertz CT molecular complexity index is 1310. The van der Waals surface area contributed by atoms with Gasteiger partial charge in [0.05, 0.1) is 101 Å². The molecule has 0 aromatic heterocycles. The van der Waals surface area contributed by atoms with Crippen molar-refractivity contribution in [2.75, 3.05) is 83.1 Å². The molecular weight excluding hydrogens is 931 g/mol. The molecule has 0 spiro atoms. The third-order valence-electron chi connectivity index (χ3n) is 14.2. The van der Waals surface area contributed by atoms with E-state index in [1.165, 1.54) is 289 Å². The van der Waals surface area contributed by atoms with Crippen molar-refractivity contribution < 1.29 is 43.2 Å². The summed E-state index contributed by atoms with van der Waals surface area (Å²) in [5.74, 6) is -5.13. The molecule has 0 saturated carbocycles. The van der Waals surface area contributed by atoms with E-state index in [0.717, 1.165) is 25.6 Å². The highest BCUT2D eigenvalue weighted by Crippen LogP contribution is 2.17. The zero-order valence-electron chi connectivity index (χ0n) is 52.3. The van der Waals surface area contributed by atoms with Crippen LogP contribution in [0.4, 0.5) is 0 Å². The summed E-state index contributed by atoms with van der Waals surface area (Å²) >= 11 is 0. The largest absolute Gasteiger partial charge is 0.545 e. The second-order valence-electron chi connectivity index (χ2n) is 25.5. The molecule has 9 nitrogen and oxygen atoms in total. The zero-order chi connectivity index (χ0) is 56.9. The number of unbranched alkanes of at least 4 members (excludes halogenated alkanes) is 39. The van der Waals surface area contributed by atoms with Gasteiger partial charge in [0, 0.05) is 11.1 Å². The predicted octanol–water partition coefficient (Wildman–Crippen LogP) is 15.3. The number of carboxylic acids is 3. The van der Waals surface area contributed by atoms with Crippen LogP contribution in [0.25, 0.3) is 0 Å². The molecule has 0 amide bonds. The monoisotopic (exact) mass is 1060 g/mol. The molecule has 0 unspecified atom stereocenters. The minimum atomic E-state index is -1.79. The van der Waals surface area contributed by atoms with Crippen LogP contribution in [0.2, 0.25) is 0 Å². The Balaban J connectivity index is -0.000000926. The summed E-state index contributed by atoms with van der Waals surface area (Å²) in [6.45, 7) is 10.9. The Morgan fingerprint density at radius 1 is 0.280 bits per heavy atom. The van der Waals surface area contributed by atoms with Crippen LogP contribution in [0.3, 0.4) is 0 Å². The zero-order valence-corrected chi connectivity index (χ0v) is 52.3. The number of nitrogens with zero attached hydrogens (tertiary/aromatic N) is 3. The molecule has 75 heavy (non-hydrogen) atoms. The summed E-state index contributed by atoms with van der Waals surface area (Å²) in [5.41, 5.74) is -1.84. The second kappa shape index (κ2) is 53.5. The number of hydrogen-bond acceptors (Lipinski definition) is 6. The Hall–Kier alpha value is -2.49. The molecule has 0 fully saturated rings. The van der Waals surface area contributed by atoms with Crippen molar-refractivity contribution in [3.63, 3.8) is 0 Å². The van der Waals surface area contributed by atoms with Gasteiger partial charge in [0.15, 0.2) is 0 Å². The lowest BCUT2D eigenvalue weighted by Gasteiger charge is -2.23. The second-order valence-corrected chi connectivity index (χ2v) is 25.5. The van der Waals surface area contributed by atoms with Crippen LogP contribution in [-0.2, 0) is 0 Å². The van der Waals surface area contributed by atoms with Crippen LogP contribution in [0.15, 0.2) is 18.2 Å². The van der Waals surface area contributed by atoms with Crippen molar-refractivity contribution in [1.82, 2.24) is 0 Å². The number of rotatable bonds is 48. The Morgan fingerprint density at radius 3 is 0.627 bits per heavy atom. The summed E-state index contributed by atoms with van der Waals surface area (Å²) < 4.78 is 3.37. The van der Waals surface area contributed by atoms with Gasteiger partial charge in [0.2, 0.25) is 0 Å². The molecule has 1 aromatic rings. The quantitative estimate of drug-likeness (QED) is 0.0473. The molecule has 0 aliphatic carbocycles. The van der Waals surface area contributed by atoms with Crippen molar-refractivity contribution in [2.24, 2.45) is 0 Å². The third-order valence-corrected chi connectivity index (χ3v) is 14.2. The van der Waals surface area contributed by atoms with E-state index in [-0.39, 0.29) is 0 Å². The van der Waals surface area contributed by atoms with Gasteiger partial charge in [-0.2, -0.15) is 0 Å². The molecule has 0 saturated heterocycles. The lowest BCUT2D eigenvalue weighted by atomic mass is 10.0. The van der Waals surface area contributed by atoms with Crippen LogP contribution in [0.5, 0.6) is 0 Å². The van der Waals surface area contributed by atoms with Gasteiger partial charge in [-0.25, -0.2) is 0 Å². The normalized spacial score (nSPS) is 11.5. The first kappa shape index (κ1) is 76.7. The van der Waals surface area contributed by atoms with E-state index >= 15 is 0 Å². The van der Waals surface area contributed by atoms with E-state index in [0.29, 0.717) is 6.07 Å². The Labute approximate surface area is 467 Å². The number of quaternary nitrogens is 3. The highest BCUT2D eigenvalue weighted by molar-refractivity contribution is 6.02. The lowest BCUT2D eigenvalue weighted by Crippen LogP contribution is -2.35. The fourth-order valence-electron chi connectivity index (χ4n) is 9.36. The van der Waals surface area contributed by atoms with E-state index in [2.05, 4.69) is 84.2 Å². The summed E-state index contributed by atoms with van der Waals surface area (Å²) in [6, 6.07) is 2.37. The fraction of sp³-hybridized carbons (Fsp3) is 0.864. The van der Waals surface area contributed by atoms with Gasteiger partial charge in [-0.05, 0) is 50.2 Å². The van der Waals surface area contributed by atoms with Crippen LogP contribution in [-0.4, -0.2) is 114 Å². The topological polar surface area (TPSA) is 120 Å². The van der Waals surface area contributed by atoms with Gasteiger partial charge >= 0.3 is 0 Å². The van der Waals surface area contributed by atoms with Crippen molar-refractivity contribution in [2.45, 2.75) is 290 Å². The predicted molar refractivity (Wildman–Crippen MR) is 319 cm³/mol. The highest BCUT2D eigenvalue weighted by atomic mass is 16.4. The Morgan fingerprint density at radius 2 is 0.467 bits per heavy atom. The van der Waals surface area contributed by atoms with Crippen molar-refractivity contribution >= 4 is 17.9 Å². The molecule has 0 aliphatic rings. The highest BCUT2D eigenvalue weighted by Gasteiger charge is 2.09. The van der Waals surface area contributed by atoms with Gasteiger partial charge in [-0.1, -0.05) is 264 Å². The minimum Gasteiger partial charge on any atom is -0.545 e. The van der Waals surface area contributed by atoms with E-state index in [1.807, 2.05) is 0 Å². The van der Waals surface area contributed by atoms with E-state index in [4.69, 9.17) is 0 Å².